The van der Waals surface area contributed by atoms with Crippen LogP contribution in [0.1, 0.15) is 38.0 Å². The quantitative estimate of drug-likeness (QED) is 0.835. The summed E-state index contributed by atoms with van der Waals surface area (Å²) in [6.45, 7) is 9.17. The summed E-state index contributed by atoms with van der Waals surface area (Å²) in [4.78, 5) is 8.09. The van der Waals surface area contributed by atoms with Crippen LogP contribution in [-0.2, 0) is 11.3 Å². The lowest BCUT2D eigenvalue weighted by Gasteiger charge is -2.22. The molecule has 2 rings (SSSR count). The molecule has 1 saturated heterocycles. The first-order valence-electron chi connectivity index (χ1n) is 7.35. The van der Waals surface area contributed by atoms with Gasteiger partial charge in [0.2, 0.25) is 0 Å². The van der Waals surface area contributed by atoms with Crippen molar-refractivity contribution in [2.75, 3.05) is 31.1 Å². The number of ether oxygens (including phenoxy) is 1. The molecule has 0 saturated carbocycles. The number of nitrogens with one attached hydrogen (secondary N) is 1. The number of hydrogen-bond donors (Lipinski definition) is 1. The minimum Gasteiger partial charge on any atom is -0.377 e. The monoisotopic (exact) mass is 283 g/mol. The van der Waals surface area contributed by atoms with E-state index in [2.05, 4.69) is 29.0 Å². The molecule has 1 atom stereocenters. The Hall–Kier alpha value is -0.650. The molecule has 1 N–H and O–H groups in total. The van der Waals surface area contributed by atoms with Crippen molar-refractivity contribution in [1.29, 1.82) is 0 Å². The molecule has 4 nitrogen and oxygen atoms in total. The second kappa shape index (κ2) is 7.82. The topological polar surface area (TPSA) is 37.4 Å². The highest BCUT2D eigenvalue weighted by atomic mass is 32.1. The normalized spacial score (nSPS) is 19.6. The van der Waals surface area contributed by atoms with Crippen LogP contribution in [0.4, 0.5) is 5.13 Å². The summed E-state index contributed by atoms with van der Waals surface area (Å²) >= 11 is 1.79. The van der Waals surface area contributed by atoms with Gasteiger partial charge in [-0.25, -0.2) is 4.98 Å². The minimum absolute atomic E-state index is 0.406. The number of rotatable bonds is 7. The van der Waals surface area contributed by atoms with Crippen LogP contribution in [0.15, 0.2) is 6.20 Å². The summed E-state index contributed by atoms with van der Waals surface area (Å²) in [6.07, 6.45) is 6.12. The maximum Gasteiger partial charge on any atom is 0.185 e. The van der Waals surface area contributed by atoms with Crippen molar-refractivity contribution in [1.82, 2.24) is 10.3 Å². The summed E-state index contributed by atoms with van der Waals surface area (Å²) in [5.41, 5.74) is 0. The Labute approximate surface area is 120 Å². The van der Waals surface area contributed by atoms with Crippen molar-refractivity contribution in [2.45, 2.75) is 45.8 Å². The lowest BCUT2D eigenvalue weighted by molar-refractivity contribution is 0.0168. The highest BCUT2D eigenvalue weighted by Crippen LogP contribution is 2.22. The highest BCUT2D eigenvalue weighted by Gasteiger charge is 2.13. The molecular weight excluding hydrogens is 258 g/mol. The van der Waals surface area contributed by atoms with Crippen molar-refractivity contribution in [2.24, 2.45) is 0 Å². The van der Waals surface area contributed by atoms with Gasteiger partial charge in [0.15, 0.2) is 5.13 Å². The largest absolute Gasteiger partial charge is 0.377 e. The molecule has 0 aromatic carbocycles. The van der Waals surface area contributed by atoms with Crippen LogP contribution in [0.5, 0.6) is 0 Å². The smallest absolute Gasteiger partial charge is 0.185 e. The molecular formula is C14H25N3OS. The van der Waals surface area contributed by atoms with E-state index in [-0.39, 0.29) is 0 Å². The maximum atomic E-state index is 5.71. The Kier molecular flexibility index (Phi) is 6.07. The Morgan fingerprint density at radius 3 is 2.95 bits per heavy atom. The second-order valence-corrected chi connectivity index (χ2v) is 5.99. The van der Waals surface area contributed by atoms with E-state index in [4.69, 9.17) is 4.74 Å². The van der Waals surface area contributed by atoms with Gasteiger partial charge in [-0.3, -0.25) is 0 Å². The van der Waals surface area contributed by atoms with E-state index in [9.17, 15) is 0 Å². The molecule has 0 radical (unpaired) electrons. The predicted molar refractivity (Wildman–Crippen MR) is 81.0 cm³/mol. The zero-order chi connectivity index (χ0) is 13.5. The maximum absolute atomic E-state index is 5.71. The van der Waals surface area contributed by atoms with Gasteiger partial charge < -0.3 is 15.0 Å². The first kappa shape index (κ1) is 14.8. The SMILES string of the molecule is CCN(CC)c1ncc(CNCC2CCCCO2)s1. The fraction of sp³-hybridized carbons (Fsp3) is 0.786. The van der Waals surface area contributed by atoms with Gasteiger partial charge >= 0.3 is 0 Å². The van der Waals surface area contributed by atoms with Gasteiger partial charge in [-0.2, -0.15) is 0 Å². The van der Waals surface area contributed by atoms with Crippen LogP contribution in [-0.4, -0.2) is 37.3 Å². The molecule has 1 aliphatic rings. The van der Waals surface area contributed by atoms with Crippen LogP contribution < -0.4 is 10.2 Å². The zero-order valence-corrected chi connectivity index (χ0v) is 12.8. The number of nitrogens with zero attached hydrogens (tertiary/aromatic N) is 2. The molecule has 1 aromatic rings. The summed E-state index contributed by atoms with van der Waals surface area (Å²) in [5.74, 6) is 0. The molecule has 5 heteroatoms. The fourth-order valence-corrected chi connectivity index (χ4v) is 3.35. The second-order valence-electron chi connectivity index (χ2n) is 4.90. The zero-order valence-electron chi connectivity index (χ0n) is 12.0. The molecule has 1 fully saturated rings. The van der Waals surface area contributed by atoms with Crippen LogP contribution in [0.2, 0.25) is 0 Å². The standard InChI is InChI=1S/C14H25N3OS/c1-3-17(4-2)14-16-11-13(19-14)10-15-9-12-7-5-6-8-18-12/h11-12,15H,3-10H2,1-2H3. The molecule has 0 aliphatic carbocycles. The molecule has 1 aromatic heterocycles. The minimum atomic E-state index is 0.406. The first-order chi connectivity index (χ1) is 9.33. The van der Waals surface area contributed by atoms with Gasteiger partial charge in [-0.05, 0) is 33.1 Å². The van der Waals surface area contributed by atoms with E-state index in [1.807, 2.05) is 6.20 Å². The number of thiazole rings is 1. The van der Waals surface area contributed by atoms with Crippen LogP contribution in [0.25, 0.3) is 0 Å². The molecule has 0 bridgehead atoms. The first-order valence-corrected chi connectivity index (χ1v) is 8.17. The summed E-state index contributed by atoms with van der Waals surface area (Å²) in [7, 11) is 0. The Bertz CT molecular complexity index is 359. The van der Waals surface area contributed by atoms with Gasteiger partial charge in [-0.15, -0.1) is 11.3 Å². The average molecular weight is 283 g/mol. The average Bonchev–Trinajstić information content (AvgIpc) is 2.90. The van der Waals surface area contributed by atoms with Gasteiger partial charge in [-0.1, -0.05) is 0 Å². The highest BCUT2D eigenvalue weighted by molar-refractivity contribution is 7.15. The van der Waals surface area contributed by atoms with Crippen molar-refractivity contribution in [3.05, 3.63) is 11.1 Å². The van der Waals surface area contributed by atoms with E-state index in [0.717, 1.165) is 37.9 Å². The van der Waals surface area contributed by atoms with E-state index in [1.165, 1.54) is 24.1 Å². The van der Waals surface area contributed by atoms with Crippen LogP contribution >= 0.6 is 11.3 Å². The molecule has 19 heavy (non-hydrogen) atoms. The Morgan fingerprint density at radius 2 is 2.26 bits per heavy atom. The lowest BCUT2D eigenvalue weighted by atomic mass is 10.1. The van der Waals surface area contributed by atoms with E-state index in [0.29, 0.717) is 6.10 Å². The molecule has 2 heterocycles. The number of aromatic nitrogens is 1. The van der Waals surface area contributed by atoms with E-state index < -0.39 is 0 Å². The predicted octanol–water partition coefficient (Wildman–Crippen LogP) is 2.65. The Morgan fingerprint density at radius 1 is 1.42 bits per heavy atom. The molecule has 0 spiro atoms. The molecule has 0 amide bonds. The Balaban J connectivity index is 1.73. The lowest BCUT2D eigenvalue weighted by Crippen LogP contribution is -2.31. The fourth-order valence-electron chi connectivity index (χ4n) is 2.34. The van der Waals surface area contributed by atoms with Crippen LogP contribution in [0.3, 0.4) is 0 Å². The van der Waals surface area contributed by atoms with Crippen molar-refractivity contribution < 1.29 is 4.74 Å². The third-order valence-electron chi connectivity index (χ3n) is 3.52. The third-order valence-corrected chi connectivity index (χ3v) is 4.58. The van der Waals surface area contributed by atoms with Crippen LogP contribution in [0, 0.1) is 0 Å². The van der Waals surface area contributed by atoms with E-state index >= 15 is 0 Å². The third kappa shape index (κ3) is 4.44. The van der Waals surface area contributed by atoms with Crippen molar-refractivity contribution >= 4 is 16.5 Å². The molecule has 1 unspecified atom stereocenters. The van der Waals surface area contributed by atoms with Gasteiger partial charge in [0.25, 0.3) is 0 Å². The summed E-state index contributed by atoms with van der Waals surface area (Å²) < 4.78 is 5.71. The van der Waals surface area contributed by atoms with Gasteiger partial charge in [0.1, 0.15) is 0 Å². The summed E-state index contributed by atoms with van der Waals surface area (Å²) in [6, 6.07) is 0. The summed E-state index contributed by atoms with van der Waals surface area (Å²) in [5, 5.41) is 4.62. The molecule has 1 aliphatic heterocycles. The molecule has 108 valence electrons. The number of anilines is 1. The van der Waals surface area contributed by atoms with Crippen molar-refractivity contribution in [3.63, 3.8) is 0 Å². The van der Waals surface area contributed by atoms with Crippen molar-refractivity contribution in [3.8, 4) is 0 Å². The van der Waals surface area contributed by atoms with Gasteiger partial charge in [0.05, 0.1) is 6.10 Å². The number of hydrogen-bond acceptors (Lipinski definition) is 5. The van der Waals surface area contributed by atoms with E-state index in [1.54, 1.807) is 11.3 Å². The van der Waals surface area contributed by atoms with Gasteiger partial charge in [0, 0.05) is 43.9 Å².